The van der Waals surface area contributed by atoms with Crippen LogP contribution in [-0.4, -0.2) is 24.5 Å². The van der Waals surface area contributed by atoms with Gasteiger partial charge in [-0.3, -0.25) is 4.98 Å². The molecule has 112 valence electrons. The second-order valence-electron chi connectivity index (χ2n) is 5.23. The van der Waals surface area contributed by atoms with Crippen LogP contribution in [0.1, 0.15) is 50.6 Å². The zero-order valence-corrected chi connectivity index (χ0v) is 14.1. The van der Waals surface area contributed by atoms with Crippen molar-refractivity contribution < 1.29 is 9.47 Å². The number of halogens is 2. The summed E-state index contributed by atoms with van der Waals surface area (Å²) < 4.78 is 12.3. The summed E-state index contributed by atoms with van der Waals surface area (Å²) in [4.78, 5) is 4.40. The van der Waals surface area contributed by atoms with E-state index in [2.05, 4.69) is 27.8 Å². The lowest BCUT2D eigenvalue weighted by Gasteiger charge is -2.23. The van der Waals surface area contributed by atoms with E-state index < -0.39 is 0 Å². The highest BCUT2D eigenvalue weighted by atomic mass is 79.9. The summed E-state index contributed by atoms with van der Waals surface area (Å²) in [5.74, 6) is 0.387. The minimum Gasteiger partial charge on any atom is -0.353 e. The Balaban J connectivity index is 1.70. The number of rotatable bonds is 6. The normalized spacial score (nSPS) is 20.9. The highest BCUT2D eigenvalue weighted by Gasteiger charge is 2.15. The van der Waals surface area contributed by atoms with Gasteiger partial charge in [-0.05, 0) is 60.0 Å². The molecule has 2 unspecified atom stereocenters. The largest absolute Gasteiger partial charge is 0.353 e. The van der Waals surface area contributed by atoms with Crippen LogP contribution in [0.15, 0.2) is 16.7 Å². The van der Waals surface area contributed by atoms with Crippen molar-refractivity contribution in [2.45, 2.75) is 51.2 Å². The number of ether oxygens (including phenoxy) is 2. The van der Waals surface area contributed by atoms with Crippen molar-refractivity contribution in [1.29, 1.82) is 0 Å². The second-order valence-corrected chi connectivity index (χ2v) is 6.52. The van der Waals surface area contributed by atoms with Crippen LogP contribution in [0.25, 0.3) is 0 Å². The molecule has 0 bridgehead atoms. The Morgan fingerprint density at radius 1 is 1.55 bits per heavy atom. The number of nitrogens with zero attached hydrogens (tertiary/aromatic N) is 1. The minimum absolute atomic E-state index is 0.0134. The highest BCUT2D eigenvalue weighted by Crippen LogP contribution is 2.28. The molecule has 5 heteroatoms. The fraction of sp³-hybridized carbons (Fsp3) is 0.667. The Morgan fingerprint density at radius 3 is 3.10 bits per heavy atom. The molecule has 20 heavy (non-hydrogen) atoms. The molecular formula is C15H21BrClNO2. The number of pyridine rings is 1. The van der Waals surface area contributed by atoms with Gasteiger partial charge in [0.2, 0.25) is 0 Å². The average molecular weight is 363 g/mol. The lowest BCUT2D eigenvalue weighted by atomic mass is 10.0. The van der Waals surface area contributed by atoms with E-state index in [-0.39, 0.29) is 6.29 Å². The fourth-order valence-electron chi connectivity index (χ4n) is 2.37. The van der Waals surface area contributed by atoms with E-state index in [9.17, 15) is 0 Å². The van der Waals surface area contributed by atoms with Crippen molar-refractivity contribution in [3.05, 3.63) is 27.5 Å². The first kappa shape index (κ1) is 16.2. The standard InChI is InChI=1S/C15H21BrClNO2/c1-11(15-13(16)9-12(17)10-18-15)5-4-8-20-14-6-2-3-7-19-14/h9-11,14H,2-8H2,1H3. The van der Waals surface area contributed by atoms with E-state index in [0.29, 0.717) is 10.9 Å². The van der Waals surface area contributed by atoms with E-state index in [1.807, 2.05) is 6.07 Å². The predicted molar refractivity (Wildman–Crippen MR) is 84.1 cm³/mol. The molecule has 1 aromatic rings. The van der Waals surface area contributed by atoms with Crippen molar-refractivity contribution >= 4 is 27.5 Å². The molecule has 0 radical (unpaired) electrons. The third-order valence-corrected chi connectivity index (χ3v) is 4.37. The van der Waals surface area contributed by atoms with Crippen LogP contribution < -0.4 is 0 Å². The predicted octanol–water partition coefficient (Wildman–Crippen LogP) is 4.92. The maximum absolute atomic E-state index is 5.91. The van der Waals surface area contributed by atoms with Gasteiger partial charge < -0.3 is 9.47 Å². The monoisotopic (exact) mass is 361 g/mol. The number of aromatic nitrogens is 1. The van der Waals surface area contributed by atoms with Crippen LogP contribution in [0.2, 0.25) is 5.02 Å². The van der Waals surface area contributed by atoms with Gasteiger partial charge in [0.1, 0.15) is 0 Å². The summed E-state index contributed by atoms with van der Waals surface area (Å²) in [5, 5.41) is 0.658. The molecule has 0 amide bonds. The smallest absolute Gasteiger partial charge is 0.157 e. The zero-order valence-electron chi connectivity index (χ0n) is 11.8. The van der Waals surface area contributed by atoms with Crippen LogP contribution in [0.3, 0.4) is 0 Å². The van der Waals surface area contributed by atoms with Crippen molar-refractivity contribution in [2.24, 2.45) is 0 Å². The molecule has 1 saturated heterocycles. The molecule has 0 saturated carbocycles. The lowest BCUT2D eigenvalue weighted by molar-refractivity contribution is -0.162. The molecule has 2 atom stereocenters. The summed E-state index contributed by atoms with van der Waals surface area (Å²) in [6, 6.07) is 1.90. The summed E-state index contributed by atoms with van der Waals surface area (Å²) in [7, 11) is 0. The van der Waals surface area contributed by atoms with Crippen molar-refractivity contribution in [2.75, 3.05) is 13.2 Å². The van der Waals surface area contributed by atoms with Gasteiger partial charge in [0.25, 0.3) is 0 Å². The molecule has 2 rings (SSSR count). The summed E-state index contributed by atoms with van der Waals surface area (Å²) >= 11 is 9.43. The topological polar surface area (TPSA) is 31.4 Å². The van der Waals surface area contributed by atoms with E-state index in [0.717, 1.165) is 49.1 Å². The molecule has 1 fully saturated rings. The Labute approximate surface area is 134 Å². The van der Waals surface area contributed by atoms with Crippen LogP contribution >= 0.6 is 27.5 Å². The van der Waals surface area contributed by atoms with Gasteiger partial charge in [0.15, 0.2) is 6.29 Å². The molecular weight excluding hydrogens is 342 g/mol. The Morgan fingerprint density at radius 2 is 2.40 bits per heavy atom. The Hall–Kier alpha value is -0.160. The van der Waals surface area contributed by atoms with Gasteiger partial charge in [-0.2, -0.15) is 0 Å². The molecule has 3 nitrogen and oxygen atoms in total. The molecule has 0 aromatic carbocycles. The first-order valence-electron chi connectivity index (χ1n) is 7.21. The first-order valence-corrected chi connectivity index (χ1v) is 8.38. The van der Waals surface area contributed by atoms with Crippen molar-refractivity contribution in [3.63, 3.8) is 0 Å². The quantitative estimate of drug-likeness (QED) is 0.673. The van der Waals surface area contributed by atoms with Crippen molar-refractivity contribution in [1.82, 2.24) is 4.98 Å². The maximum atomic E-state index is 5.91. The SMILES string of the molecule is CC(CCCOC1CCCCO1)c1ncc(Cl)cc1Br. The first-order chi connectivity index (χ1) is 9.66. The molecule has 1 aliphatic heterocycles. The maximum Gasteiger partial charge on any atom is 0.157 e. The lowest BCUT2D eigenvalue weighted by Crippen LogP contribution is -2.22. The molecule has 2 heterocycles. The third kappa shape index (κ3) is 4.99. The van der Waals surface area contributed by atoms with Gasteiger partial charge in [0.05, 0.1) is 10.7 Å². The molecule has 0 N–H and O–H groups in total. The van der Waals surface area contributed by atoms with E-state index in [1.165, 1.54) is 6.42 Å². The Kier molecular flexibility index (Phi) is 6.75. The third-order valence-electron chi connectivity index (χ3n) is 3.53. The molecule has 1 aromatic heterocycles. The van der Waals surface area contributed by atoms with Crippen LogP contribution in [0, 0.1) is 0 Å². The molecule has 0 aliphatic carbocycles. The van der Waals surface area contributed by atoms with Gasteiger partial charge in [-0.1, -0.05) is 18.5 Å². The summed E-state index contributed by atoms with van der Waals surface area (Å²) in [6.07, 6.45) is 7.16. The number of hydrogen-bond donors (Lipinski definition) is 0. The highest BCUT2D eigenvalue weighted by molar-refractivity contribution is 9.10. The average Bonchev–Trinajstić information content (AvgIpc) is 2.44. The van der Waals surface area contributed by atoms with Gasteiger partial charge in [0, 0.05) is 23.9 Å². The zero-order chi connectivity index (χ0) is 14.4. The summed E-state index contributed by atoms with van der Waals surface area (Å²) in [5.41, 5.74) is 1.06. The summed E-state index contributed by atoms with van der Waals surface area (Å²) in [6.45, 7) is 3.76. The van der Waals surface area contributed by atoms with E-state index >= 15 is 0 Å². The van der Waals surface area contributed by atoms with Gasteiger partial charge in [-0.25, -0.2) is 0 Å². The molecule has 1 aliphatic rings. The van der Waals surface area contributed by atoms with Crippen LogP contribution in [0.4, 0.5) is 0 Å². The van der Waals surface area contributed by atoms with E-state index in [1.54, 1.807) is 6.20 Å². The minimum atomic E-state index is 0.0134. The van der Waals surface area contributed by atoms with Crippen LogP contribution in [-0.2, 0) is 9.47 Å². The molecule has 0 spiro atoms. The fourth-order valence-corrected chi connectivity index (χ4v) is 3.40. The Bertz CT molecular complexity index is 424. The van der Waals surface area contributed by atoms with Gasteiger partial charge >= 0.3 is 0 Å². The van der Waals surface area contributed by atoms with E-state index in [4.69, 9.17) is 21.1 Å². The number of hydrogen-bond acceptors (Lipinski definition) is 3. The van der Waals surface area contributed by atoms with Crippen molar-refractivity contribution in [3.8, 4) is 0 Å². The van der Waals surface area contributed by atoms with Crippen LogP contribution in [0.5, 0.6) is 0 Å². The van der Waals surface area contributed by atoms with Gasteiger partial charge in [-0.15, -0.1) is 0 Å². The second kappa shape index (κ2) is 8.32.